The Morgan fingerprint density at radius 3 is 2.31 bits per heavy atom. The Balaban J connectivity index is 2.23. The van der Waals surface area contributed by atoms with E-state index in [4.69, 9.17) is 0 Å². The van der Waals surface area contributed by atoms with E-state index in [1.54, 1.807) is 12.1 Å². The first-order chi connectivity index (χ1) is 6.21. The van der Waals surface area contributed by atoms with Gasteiger partial charge in [0.05, 0.1) is 0 Å². The van der Waals surface area contributed by atoms with E-state index in [2.05, 4.69) is 6.07 Å². The highest BCUT2D eigenvalue weighted by atomic mass is 19.3. The van der Waals surface area contributed by atoms with Gasteiger partial charge in [0, 0.05) is 11.5 Å². The van der Waals surface area contributed by atoms with Crippen molar-refractivity contribution in [1.82, 2.24) is 0 Å². The Labute approximate surface area is 76.6 Å². The van der Waals surface area contributed by atoms with Crippen molar-refractivity contribution in [2.75, 3.05) is 0 Å². The van der Waals surface area contributed by atoms with Crippen LogP contribution >= 0.6 is 0 Å². The Bertz CT molecular complexity index is 275. The van der Waals surface area contributed by atoms with Gasteiger partial charge in [0.2, 0.25) is 0 Å². The molecular weight excluding hydrogens is 170 g/mol. The van der Waals surface area contributed by atoms with Crippen LogP contribution in [-0.4, -0.2) is 0 Å². The monoisotopic (exact) mass is 181 g/mol. The van der Waals surface area contributed by atoms with E-state index in [9.17, 15) is 8.78 Å². The first-order valence-electron chi connectivity index (χ1n) is 4.55. The SMILES string of the molecule is FC(F)(c1cc[c]cc1)C1CCC1. The van der Waals surface area contributed by atoms with Gasteiger partial charge in [0.25, 0.3) is 5.92 Å². The number of benzene rings is 1. The number of hydrogen-bond donors (Lipinski definition) is 0. The van der Waals surface area contributed by atoms with Gasteiger partial charge in [-0.1, -0.05) is 30.7 Å². The van der Waals surface area contributed by atoms with Crippen molar-refractivity contribution in [2.24, 2.45) is 5.92 Å². The highest BCUT2D eigenvalue weighted by Gasteiger charge is 2.43. The summed E-state index contributed by atoms with van der Waals surface area (Å²) in [6.45, 7) is 0. The molecule has 2 heteroatoms. The van der Waals surface area contributed by atoms with Crippen molar-refractivity contribution in [1.29, 1.82) is 0 Å². The molecular formula is C11H11F2. The standard InChI is InChI=1S/C11H11F2/c12-11(13,10-7-4-8-10)9-5-2-1-3-6-9/h2-3,5-6,10H,4,7-8H2. The first-order valence-corrected chi connectivity index (χ1v) is 4.55. The number of rotatable bonds is 2. The molecule has 1 fully saturated rings. The molecule has 0 unspecified atom stereocenters. The average molecular weight is 181 g/mol. The van der Waals surface area contributed by atoms with Crippen LogP contribution in [0.5, 0.6) is 0 Å². The van der Waals surface area contributed by atoms with Crippen LogP contribution in [0.2, 0.25) is 0 Å². The molecule has 0 bridgehead atoms. The molecule has 1 saturated carbocycles. The summed E-state index contributed by atoms with van der Waals surface area (Å²) in [7, 11) is 0. The second-order valence-corrected chi connectivity index (χ2v) is 3.54. The summed E-state index contributed by atoms with van der Waals surface area (Å²) < 4.78 is 27.2. The van der Waals surface area contributed by atoms with Gasteiger partial charge in [-0.05, 0) is 18.9 Å². The lowest BCUT2D eigenvalue weighted by Crippen LogP contribution is -2.30. The van der Waals surface area contributed by atoms with Gasteiger partial charge >= 0.3 is 0 Å². The van der Waals surface area contributed by atoms with Crippen LogP contribution in [0.15, 0.2) is 24.3 Å². The van der Waals surface area contributed by atoms with Crippen molar-refractivity contribution in [3.05, 3.63) is 35.9 Å². The number of halogens is 2. The Morgan fingerprint density at radius 1 is 1.23 bits per heavy atom. The smallest absolute Gasteiger partial charge is 0.201 e. The summed E-state index contributed by atoms with van der Waals surface area (Å²) >= 11 is 0. The van der Waals surface area contributed by atoms with Gasteiger partial charge in [0.15, 0.2) is 0 Å². The zero-order chi connectivity index (χ0) is 9.31. The van der Waals surface area contributed by atoms with Gasteiger partial charge in [-0.2, -0.15) is 0 Å². The third-order valence-electron chi connectivity index (χ3n) is 2.72. The molecule has 0 nitrogen and oxygen atoms in total. The normalized spacial score (nSPS) is 18.3. The minimum atomic E-state index is -2.63. The van der Waals surface area contributed by atoms with Gasteiger partial charge in [-0.15, -0.1) is 0 Å². The molecule has 1 aromatic rings. The molecule has 1 radical (unpaired) electrons. The minimum absolute atomic E-state index is 0.135. The highest BCUT2D eigenvalue weighted by Crippen LogP contribution is 2.46. The fourth-order valence-electron chi connectivity index (χ4n) is 1.62. The molecule has 0 N–H and O–H groups in total. The summed E-state index contributed by atoms with van der Waals surface area (Å²) in [6.07, 6.45) is 2.26. The molecule has 0 amide bonds. The van der Waals surface area contributed by atoms with Crippen molar-refractivity contribution in [3.63, 3.8) is 0 Å². The van der Waals surface area contributed by atoms with Gasteiger partial charge in [-0.25, -0.2) is 8.78 Å². The summed E-state index contributed by atoms with van der Waals surface area (Å²) in [5, 5.41) is 0. The van der Waals surface area contributed by atoms with E-state index in [1.165, 1.54) is 12.1 Å². The lowest BCUT2D eigenvalue weighted by atomic mass is 9.78. The van der Waals surface area contributed by atoms with Gasteiger partial charge in [-0.3, -0.25) is 0 Å². The summed E-state index contributed by atoms with van der Waals surface area (Å²) in [5.41, 5.74) is 0.135. The van der Waals surface area contributed by atoms with Crippen LogP contribution < -0.4 is 0 Å². The van der Waals surface area contributed by atoms with Crippen molar-refractivity contribution in [3.8, 4) is 0 Å². The molecule has 1 aliphatic rings. The highest BCUT2D eigenvalue weighted by molar-refractivity contribution is 5.20. The third-order valence-corrected chi connectivity index (χ3v) is 2.72. The molecule has 0 aliphatic heterocycles. The summed E-state index contributed by atoms with van der Waals surface area (Å²) in [4.78, 5) is 0. The minimum Gasteiger partial charge on any atom is -0.201 e. The summed E-state index contributed by atoms with van der Waals surface area (Å²) in [6, 6.07) is 8.75. The van der Waals surface area contributed by atoms with E-state index in [1.807, 2.05) is 0 Å². The predicted octanol–water partition coefficient (Wildman–Crippen LogP) is 3.38. The van der Waals surface area contributed by atoms with Gasteiger partial charge < -0.3 is 0 Å². The first kappa shape index (κ1) is 8.67. The maximum Gasteiger partial charge on any atom is 0.276 e. The van der Waals surface area contributed by atoms with E-state index in [0.29, 0.717) is 12.8 Å². The number of alkyl halides is 2. The molecule has 13 heavy (non-hydrogen) atoms. The maximum atomic E-state index is 13.6. The van der Waals surface area contributed by atoms with E-state index >= 15 is 0 Å². The topological polar surface area (TPSA) is 0 Å². The fourth-order valence-corrected chi connectivity index (χ4v) is 1.62. The average Bonchev–Trinajstić information content (AvgIpc) is 2.02. The Hall–Kier alpha value is -0.920. The van der Waals surface area contributed by atoms with Crippen LogP contribution in [0, 0.1) is 12.0 Å². The fraction of sp³-hybridized carbons (Fsp3) is 0.455. The molecule has 1 aliphatic carbocycles. The molecule has 0 heterocycles. The Kier molecular flexibility index (Phi) is 2.06. The molecule has 0 aromatic heterocycles. The second kappa shape index (κ2) is 3.09. The zero-order valence-corrected chi connectivity index (χ0v) is 7.26. The third kappa shape index (κ3) is 1.45. The quantitative estimate of drug-likeness (QED) is 0.656. The molecule has 1 aromatic carbocycles. The van der Waals surface area contributed by atoms with Gasteiger partial charge in [0.1, 0.15) is 0 Å². The van der Waals surface area contributed by atoms with Crippen LogP contribution in [0.1, 0.15) is 24.8 Å². The van der Waals surface area contributed by atoms with Crippen LogP contribution in [-0.2, 0) is 5.92 Å². The van der Waals surface area contributed by atoms with Crippen molar-refractivity contribution >= 4 is 0 Å². The molecule has 69 valence electrons. The predicted molar refractivity (Wildman–Crippen MR) is 46.5 cm³/mol. The van der Waals surface area contributed by atoms with Crippen molar-refractivity contribution in [2.45, 2.75) is 25.2 Å². The Morgan fingerprint density at radius 2 is 1.85 bits per heavy atom. The summed E-state index contributed by atoms with van der Waals surface area (Å²) in [5.74, 6) is -3.07. The second-order valence-electron chi connectivity index (χ2n) is 3.54. The molecule has 0 atom stereocenters. The largest absolute Gasteiger partial charge is 0.276 e. The lowest BCUT2D eigenvalue weighted by molar-refractivity contribution is -0.0943. The lowest BCUT2D eigenvalue weighted by Gasteiger charge is -2.33. The van der Waals surface area contributed by atoms with E-state index in [-0.39, 0.29) is 5.56 Å². The van der Waals surface area contributed by atoms with E-state index in [0.717, 1.165) is 6.42 Å². The maximum absolute atomic E-state index is 13.6. The van der Waals surface area contributed by atoms with Crippen molar-refractivity contribution < 1.29 is 8.78 Å². The molecule has 2 rings (SSSR count). The van der Waals surface area contributed by atoms with Crippen LogP contribution in [0.25, 0.3) is 0 Å². The van der Waals surface area contributed by atoms with E-state index < -0.39 is 11.8 Å². The van der Waals surface area contributed by atoms with Crippen LogP contribution in [0.4, 0.5) is 8.78 Å². The van der Waals surface area contributed by atoms with Crippen LogP contribution in [0.3, 0.4) is 0 Å². The molecule has 0 spiro atoms. The number of hydrogen-bond acceptors (Lipinski definition) is 0. The molecule has 0 saturated heterocycles. The zero-order valence-electron chi connectivity index (χ0n) is 7.26.